The predicted octanol–water partition coefficient (Wildman–Crippen LogP) is 3.71. The number of nitrogens with two attached hydrogens (primary N) is 1. The first kappa shape index (κ1) is 18.2. The molecule has 0 unspecified atom stereocenters. The molecular weight excluding hydrogens is 320 g/mol. The fourth-order valence-electron chi connectivity index (χ4n) is 1.62. The molecule has 7 heteroatoms. The minimum absolute atomic E-state index is 0.822. The first-order valence-corrected chi connectivity index (χ1v) is 8.26. The van der Waals surface area contributed by atoms with Gasteiger partial charge in [-0.2, -0.15) is 0 Å². The van der Waals surface area contributed by atoms with Gasteiger partial charge in [0.2, 0.25) is 0 Å². The zero-order chi connectivity index (χ0) is 16.4. The first-order chi connectivity index (χ1) is 10.7. The van der Waals surface area contributed by atoms with E-state index in [9.17, 15) is 0 Å². The van der Waals surface area contributed by atoms with Gasteiger partial charge in [0.25, 0.3) is 0 Å². The van der Waals surface area contributed by atoms with Gasteiger partial charge in [-0.1, -0.05) is 18.2 Å². The Morgan fingerprint density at radius 1 is 1.18 bits per heavy atom. The molecule has 5 N–H and O–H groups in total. The molecule has 0 saturated carbocycles. The lowest BCUT2D eigenvalue weighted by Gasteiger charge is -1.98. The summed E-state index contributed by atoms with van der Waals surface area (Å²) in [4.78, 5) is 4.39. The molecule has 1 aromatic heterocycles. The van der Waals surface area contributed by atoms with E-state index in [0.717, 1.165) is 22.0 Å². The number of hydrogen-bond acceptors (Lipinski definition) is 6. The van der Waals surface area contributed by atoms with Crippen molar-refractivity contribution in [2.75, 3.05) is 12.0 Å². The molecule has 3 aromatic rings. The summed E-state index contributed by atoms with van der Waals surface area (Å²) >= 11 is 3.05. The second-order valence-corrected chi connectivity index (χ2v) is 5.76. The maximum absolute atomic E-state index is 6.25. The van der Waals surface area contributed by atoms with Crippen LogP contribution < -0.4 is 9.92 Å². The van der Waals surface area contributed by atoms with Crippen LogP contribution in [0.5, 0.6) is 5.75 Å². The van der Waals surface area contributed by atoms with E-state index in [1.165, 1.54) is 16.7 Å². The maximum Gasteiger partial charge on any atom is 0.139 e. The molecule has 0 aliphatic carbocycles. The summed E-state index contributed by atoms with van der Waals surface area (Å²) in [6.45, 7) is 2.01. The third-order valence-corrected chi connectivity index (χ3v) is 3.76. The predicted molar refractivity (Wildman–Crippen MR) is 95.6 cm³/mol. The number of anilines is 1. The topological polar surface area (TPSA) is 91.3 Å². The lowest BCUT2D eigenvalue weighted by Crippen LogP contribution is -1.79. The molecule has 2 aromatic carbocycles. The molecule has 0 amide bonds. The highest BCUT2D eigenvalue weighted by Gasteiger charge is 2.01. The van der Waals surface area contributed by atoms with Crippen LogP contribution in [-0.2, 0) is 0 Å². The van der Waals surface area contributed by atoms with Crippen LogP contribution >= 0.6 is 23.4 Å². The summed E-state index contributed by atoms with van der Waals surface area (Å²) in [7, 11) is 0. The Labute approximate surface area is 137 Å². The molecule has 22 heavy (non-hydrogen) atoms. The fourth-order valence-corrected chi connectivity index (χ4v) is 2.73. The van der Waals surface area contributed by atoms with Crippen molar-refractivity contribution in [1.29, 1.82) is 0 Å². The standard InChI is InChI=1S/C9H9NOS2.C6H7N.H2O2/c1-6-10-8-5-7(11-12-2)3-4-9(8)13-6;7-6-4-2-1-3-5-6;1-2/h3-5H,1-2H3;1-5H,7H2;1-2H/p+1. The molecule has 0 aliphatic rings. The number of aryl methyl sites for hydroxylation is 1. The second kappa shape index (κ2) is 10.0. The Hall–Kier alpha value is -1.80. The van der Waals surface area contributed by atoms with E-state index in [2.05, 4.69) is 4.98 Å². The van der Waals surface area contributed by atoms with Gasteiger partial charge in [-0.05, 0) is 31.2 Å². The lowest BCUT2D eigenvalue weighted by atomic mass is 10.3. The minimum atomic E-state index is 0.822. The Bertz CT molecular complexity index is 675. The van der Waals surface area contributed by atoms with Gasteiger partial charge in [0.05, 0.1) is 27.3 Å². The molecule has 3 rings (SSSR count). The fraction of sp³-hybridized carbons (Fsp3) is 0.133. The molecule has 0 spiro atoms. The highest BCUT2D eigenvalue weighted by atomic mass is 32.2. The molecule has 118 valence electrons. The summed E-state index contributed by atoms with van der Waals surface area (Å²) in [6.07, 6.45) is 1.90. The van der Waals surface area contributed by atoms with Crippen molar-refractivity contribution in [2.45, 2.75) is 6.92 Å². The van der Waals surface area contributed by atoms with E-state index >= 15 is 0 Å². The highest BCUT2D eigenvalue weighted by molar-refractivity contribution is 7.94. The number of nitrogen functional groups attached to an aromatic ring is 1. The van der Waals surface area contributed by atoms with Gasteiger partial charge in [-0.15, -0.1) is 16.6 Å². The number of benzene rings is 2. The van der Waals surface area contributed by atoms with E-state index in [-0.39, 0.29) is 0 Å². The van der Waals surface area contributed by atoms with Gasteiger partial charge >= 0.3 is 0 Å². The molecule has 5 nitrogen and oxygen atoms in total. The smallest absolute Gasteiger partial charge is 0.139 e. The number of thiazole rings is 1. The molecule has 0 bridgehead atoms. The van der Waals surface area contributed by atoms with Crippen LogP contribution in [0.2, 0.25) is 0 Å². The number of hydrogen-bond donors (Lipinski definition) is 2. The Kier molecular flexibility index (Phi) is 8.31. The summed E-state index contributed by atoms with van der Waals surface area (Å²) < 4.78 is 6.52. The van der Waals surface area contributed by atoms with Crippen molar-refractivity contribution in [3.8, 4) is 5.75 Å². The number of para-hydroxylation sites is 1. The third-order valence-electron chi connectivity index (χ3n) is 2.45. The van der Waals surface area contributed by atoms with Gasteiger partial charge in [0.15, 0.2) is 0 Å². The first-order valence-electron chi connectivity index (χ1n) is 6.30. The van der Waals surface area contributed by atoms with Crippen molar-refractivity contribution in [1.82, 2.24) is 4.98 Å². The van der Waals surface area contributed by atoms with Crippen LogP contribution in [0.4, 0.5) is 5.69 Å². The largest absolute Gasteiger partial charge is 0.426 e. The van der Waals surface area contributed by atoms with Gasteiger partial charge in [0.1, 0.15) is 5.75 Å². The van der Waals surface area contributed by atoms with Crippen LogP contribution in [-0.4, -0.2) is 21.8 Å². The SMILES string of the molecule is CSOc1ccc2sc(C)nc2c1.Nc1ccccc1.O[OH2+]. The van der Waals surface area contributed by atoms with Crippen LogP contribution in [0.25, 0.3) is 10.2 Å². The Morgan fingerprint density at radius 3 is 2.41 bits per heavy atom. The number of aromatic nitrogens is 1. The van der Waals surface area contributed by atoms with Crippen molar-refractivity contribution in [3.05, 3.63) is 53.5 Å². The highest BCUT2D eigenvalue weighted by Crippen LogP contribution is 2.26. The van der Waals surface area contributed by atoms with Crippen LogP contribution in [0.3, 0.4) is 0 Å². The van der Waals surface area contributed by atoms with Crippen LogP contribution in [0, 0.1) is 6.92 Å². The zero-order valence-electron chi connectivity index (χ0n) is 12.3. The van der Waals surface area contributed by atoms with Crippen molar-refractivity contribution in [2.24, 2.45) is 0 Å². The summed E-state index contributed by atoms with van der Waals surface area (Å²) in [5.74, 6) is 0.866. The van der Waals surface area contributed by atoms with Crippen molar-refractivity contribution < 1.29 is 14.7 Å². The summed E-state index contributed by atoms with van der Waals surface area (Å²) in [6, 6.07) is 15.5. The molecule has 0 aliphatic heterocycles. The quantitative estimate of drug-likeness (QED) is 0.244. The van der Waals surface area contributed by atoms with Crippen molar-refractivity contribution in [3.63, 3.8) is 0 Å². The maximum atomic E-state index is 6.25. The third kappa shape index (κ3) is 5.90. The lowest BCUT2D eigenvalue weighted by molar-refractivity contribution is -0.176. The zero-order valence-corrected chi connectivity index (χ0v) is 13.9. The second-order valence-electron chi connectivity index (χ2n) is 4.02. The van der Waals surface area contributed by atoms with Gasteiger partial charge in [-0.3, -0.25) is 5.26 Å². The van der Waals surface area contributed by atoms with E-state index < -0.39 is 0 Å². The normalized spacial score (nSPS) is 9.27. The molecular formula is C15H19N2O3S2+. The monoisotopic (exact) mass is 339 g/mol. The van der Waals surface area contributed by atoms with E-state index in [4.69, 9.17) is 20.4 Å². The van der Waals surface area contributed by atoms with Gasteiger partial charge in [0, 0.05) is 18.0 Å². The molecule has 0 atom stereocenters. The molecule has 0 fully saturated rings. The van der Waals surface area contributed by atoms with E-state index in [0.29, 0.717) is 0 Å². The van der Waals surface area contributed by atoms with Gasteiger partial charge in [-0.25, -0.2) is 4.98 Å². The molecule has 0 saturated heterocycles. The van der Waals surface area contributed by atoms with Crippen molar-refractivity contribution >= 4 is 39.3 Å². The molecule has 1 heterocycles. The number of rotatable bonds is 2. The van der Waals surface area contributed by atoms with Crippen LogP contribution in [0.15, 0.2) is 48.5 Å². The average molecular weight is 339 g/mol. The summed E-state index contributed by atoms with van der Waals surface area (Å²) in [5.41, 5.74) is 7.20. The Morgan fingerprint density at radius 2 is 1.86 bits per heavy atom. The van der Waals surface area contributed by atoms with E-state index in [1.807, 2.05) is 61.7 Å². The Balaban J connectivity index is 0.000000228. The van der Waals surface area contributed by atoms with E-state index in [1.54, 1.807) is 11.3 Å². The summed E-state index contributed by atoms with van der Waals surface area (Å²) in [5, 5.41) is 12.1. The minimum Gasteiger partial charge on any atom is -0.426 e. The molecule has 0 radical (unpaired) electrons. The average Bonchev–Trinajstić information content (AvgIpc) is 2.90. The number of fused-ring (bicyclic) bond motifs is 1. The van der Waals surface area contributed by atoms with Gasteiger partial charge < -0.3 is 9.92 Å². The number of nitrogens with zero attached hydrogens (tertiary/aromatic N) is 1. The van der Waals surface area contributed by atoms with Crippen LogP contribution in [0.1, 0.15) is 5.01 Å².